The minimum absolute atomic E-state index is 0.265. The summed E-state index contributed by atoms with van der Waals surface area (Å²) < 4.78 is 5.13. The Labute approximate surface area is 116 Å². The fourth-order valence-electron chi connectivity index (χ4n) is 1.73. The summed E-state index contributed by atoms with van der Waals surface area (Å²) in [6, 6.07) is 4.89. The molecular weight excluding hydrogens is 258 g/mol. The van der Waals surface area contributed by atoms with Gasteiger partial charge in [0.05, 0.1) is 16.6 Å². The number of aromatic nitrogens is 2. The number of rotatable bonds is 3. The molecule has 0 unspecified atom stereocenters. The topological polar surface area (TPSA) is 72.4 Å². The lowest BCUT2D eigenvalue weighted by Crippen LogP contribution is -2.34. The quantitative estimate of drug-likeness (QED) is 0.787. The van der Waals surface area contributed by atoms with E-state index in [-0.39, 0.29) is 5.91 Å². The Kier molecular flexibility index (Phi) is 3.93. The van der Waals surface area contributed by atoms with Crippen LogP contribution in [0.5, 0.6) is 0 Å². The van der Waals surface area contributed by atoms with E-state index in [4.69, 9.17) is 4.74 Å². The lowest BCUT2D eigenvalue weighted by atomic mass is 10.2. The number of hydrogen-bond donors (Lipinski definition) is 0. The van der Waals surface area contributed by atoms with Crippen molar-refractivity contribution in [2.75, 3.05) is 14.1 Å². The van der Waals surface area contributed by atoms with Crippen molar-refractivity contribution >= 4 is 22.9 Å². The van der Waals surface area contributed by atoms with Gasteiger partial charge in [0.25, 0.3) is 5.91 Å². The number of carbonyl (C=O) groups is 2. The van der Waals surface area contributed by atoms with E-state index in [1.165, 1.54) is 4.90 Å². The molecule has 0 N–H and O–H groups in total. The summed E-state index contributed by atoms with van der Waals surface area (Å²) in [5, 5.41) is 0. The van der Waals surface area contributed by atoms with Gasteiger partial charge in [-0.05, 0) is 25.1 Å². The first-order valence-corrected chi connectivity index (χ1v) is 6.12. The zero-order valence-corrected chi connectivity index (χ0v) is 11.5. The van der Waals surface area contributed by atoms with Crippen LogP contribution in [-0.4, -0.2) is 46.9 Å². The summed E-state index contributed by atoms with van der Waals surface area (Å²) in [5.74, 6) is -0.820. The average Bonchev–Trinajstić information content (AvgIpc) is 2.45. The smallest absolute Gasteiger partial charge is 0.338 e. The number of esters is 1. The molecule has 2 aromatic rings. The summed E-state index contributed by atoms with van der Waals surface area (Å²) in [6.07, 6.45) is 2.31. The Balaban J connectivity index is 2.17. The van der Waals surface area contributed by atoms with E-state index in [2.05, 4.69) is 9.97 Å². The number of likely N-dealkylation sites (N-methyl/N-ethyl adjacent to an activating group) is 1. The predicted octanol–water partition coefficient (Wildman–Crippen LogP) is 1.26. The molecule has 1 aromatic heterocycles. The van der Waals surface area contributed by atoms with Crippen LogP contribution < -0.4 is 0 Å². The number of amides is 1. The van der Waals surface area contributed by atoms with Crippen LogP contribution in [0.3, 0.4) is 0 Å². The van der Waals surface area contributed by atoms with Gasteiger partial charge >= 0.3 is 5.97 Å². The highest BCUT2D eigenvalue weighted by atomic mass is 16.5. The second-order valence-corrected chi connectivity index (χ2v) is 4.54. The number of carbonyl (C=O) groups excluding carboxylic acids is 2. The van der Waals surface area contributed by atoms with Crippen molar-refractivity contribution in [3.63, 3.8) is 0 Å². The first-order valence-electron chi connectivity index (χ1n) is 6.12. The average molecular weight is 273 g/mol. The van der Waals surface area contributed by atoms with Gasteiger partial charge in [0.1, 0.15) is 0 Å². The normalized spacial score (nSPS) is 11.9. The second-order valence-electron chi connectivity index (χ2n) is 4.54. The lowest BCUT2D eigenvalue weighted by Gasteiger charge is -2.17. The minimum atomic E-state index is -0.824. The van der Waals surface area contributed by atoms with Crippen molar-refractivity contribution in [1.82, 2.24) is 14.9 Å². The maximum absolute atomic E-state index is 12.0. The molecule has 0 fully saturated rings. The van der Waals surface area contributed by atoms with E-state index in [0.29, 0.717) is 16.6 Å². The zero-order chi connectivity index (χ0) is 14.7. The van der Waals surface area contributed by atoms with Crippen molar-refractivity contribution in [2.24, 2.45) is 0 Å². The molecule has 0 saturated heterocycles. The van der Waals surface area contributed by atoms with Crippen molar-refractivity contribution in [2.45, 2.75) is 13.0 Å². The van der Waals surface area contributed by atoms with Crippen LogP contribution in [0, 0.1) is 0 Å². The Morgan fingerprint density at radius 3 is 2.45 bits per heavy atom. The van der Waals surface area contributed by atoms with Gasteiger partial charge in [-0.25, -0.2) is 4.79 Å². The highest BCUT2D eigenvalue weighted by Crippen LogP contribution is 2.12. The molecule has 1 aromatic carbocycles. The van der Waals surface area contributed by atoms with Crippen molar-refractivity contribution in [3.05, 3.63) is 36.2 Å². The third-order valence-electron chi connectivity index (χ3n) is 2.78. The third-order valence-corrected chi connectivity index (χ3v) is 2.78. The molecule has 0 aliphatic heterocycles. The molecule has 0 bridgehead atoms. The number of hydrogen-bond acceptors (Lipinski definition) is 5. The van der Waals surface area contributed by atoms with E-state index < -0.39 is 12.1 Å². The summed E-state index contributed by atoms with van der Waals surface area (Å²) in [6.45, 7) is 1.54. The van der Waals surface area contributed by atoms with Gasteiger partial charge in [0.2, 0.25) is 0 Å². The molecule has 0 radical (unpaired) electrons. The summed E-state index contributed by atoms with van der Waals surface area (Å²) in [5.41, 5.74) is 1.64. The van der Waals surface area contributed by atoms with E-state index >= 15 is 0 Å². The van der Waals surface area contributed by atoms with Crippen LogP contribution in [0.2, 0.25) is 0 Å². The monoisotopic (exact) mass is 273 g/mol. The summed E-state index contributed by atoms with van der Waals surface area (Å²) >= 11 is 0. The van der Waals surface area contributed by atoms with Crippen molar-refractivity contribution in [3.8, 4) is 0 Å². The standard InChI is InChI=1S/C14H15N3O3/c1-9(13(18)17(2)3)20-14(19)10-4-5-11-12(8-10)16-7-6-15-11/h4-9H,1-3H3/t9-/m1/s1. The number of fused-ring (bicyclic) bond motifs is 1. The Hall–Kier alpha value is -2.50. The van der Waals surface area contributed by atoms with Crippen LogP contribution in [0.1, 0.15) is 17.3 Å². The van der Waals surface area contributed by atoms with Crippen molar-refractivity contribution in [1.29, 1.82) is 0 Å². The molecule has 2 rings (SSSR count). The highest BCUT2D eigenvalue weighted by molar-refractivity contribution is 5.95. The molecular formula is C14H15N3O3. The molecule has 6 nitrogen and oxygen atoms in total. The molecule has 20 heavy (non-hydrogen) atoms. The highest BCUT2D eigenvalue weighted by Gasteiger charge is 2.20. The third kappa shape index (κ3) is 2.90. The van der Waals surface area contributed by atoms with Gasteiger partial charge in [-0.15, -0.1) is 0 Å². The SMILES string of the molecule is C[C@@H](OC(=O)c1ccc2nccnc2c1)C(=O)N(C)C. The van der Waals surface area contributed by atoms with Gasteiger partial charge in [0.15, 0.2) is 6.10 Å². The van der Waals surface area contributed by atoms with Crippen LogP contribution >= 0.6 is 0 Å². The lowest BCUT2D eigenvalue weighted by molar-refractivity contribution is -0.137. The van der Waals surface area contributed by atoms with E-state index in [1.807, 2.05) is 0 Å². The number of nitrogens with zero attached hydrogens (tertiary/aromatic N) is 3. The number of ether oxygens (including phenoxy) is 1. The minimum Gasteiger partial charge on any atom is -0.449 e. The first-order chi connectivity index (χ1) is 9.49. The van der Waals surface area contributed by atoms with Gasteiger partial charge in [-0.3, -0.25) is 14.8 Å². The molecule has 0 aliphatic rings. The van der Waals surface area contributed by atoms with Crippen LogP contribution in [-0.2, 0) is 9.53 Å². The first kappa shape index (κ1) is 13.9. The van der Waals surface area contributed by atoms with Gasteiger partial charge < -0.3 is 9.64 Å². The molecule has 104 valence electrons. The van der Waals surface area contributed by atoms with Gasteiger partial charge in [-0.1, -0.05) is 0 Å². The summed E-state index contributed by atoms with van der Waals surface area (Å²) in [7, 11) is 3.22. The Bertz CT molecular complexity index is 655. The summed E-state index contributed by atoms with van der Waals surface area (Å²) in [4.78, 5) is 33.3. The van der Waals surface area contributed by atoms with Crippen LogP contribution in [0.25, 0.3) is 11.0 Å². The Morgan fingerprint density at radius 2 is 1.80 bits per heavy atom. The molecule has 1 atom stereocenters. The largest absolute Gasteiger partial charge is 0.449 e. The van der Waals surface area contributed by atoms with Crippen LogP contribution in [0.4, 0.5) is 0 Å². The fourth-order valence-corrected chi connectivity index (χ4v) is 1.73. The molecule has 1 amide bonds. The Morgan fingerprint density at radius 1 is 1.15 bits per heavy atom. The molecule has 0 spiro atoms. The number of benzene rings is 1. The maximum atomic E-state index is 12.0. The van der Waals surface area contributed by atoms with Crippen molar-refractivity contribution < 1.29 is 14.3 Å². The van der Waals surface area contributed by atoms with Gasteiger partial charge in [-0.2, -0.15) is 0 Å². The van der Waals surface area contributed by atoms with E-state index in [9.17, 15) is 9.59 Å². The fraction of sp³-hybridized carbons (Fsp3) is 0.286. The second kappa shape index (κ2) is 5.64. The van der Waals surface area contributed by atoms with E-state index in [1.54, 1.807) is 51.6 Å². The predicted molar refractivity (Wildman–Crippen MR) is 73.1 cm³/mol. The zero-order valence-electron chi connectivity index (χ0n) is 11.5. The molecule has 0 aliphatic carbocycles. The maximum Gasteiger partial charge on any atom is 0.338 e. The molecule has 6 heteroatoms. The van der Waals surface area contributed by atoms with E-state index in [0.717, 1.165) is 0 Å². The molecule has 0 saturated carbocycles. The molecule has 1 heterocycles. The van der Waals surface area contributed by atoms with Crippen LogP contribution in [0.15, 0.2) is 30.6 Å². The van der Waals surface area contributed by atoms with Gasteiger partial charge in [0, 0.05) is 26.5 Å².